The number of nitrogens with zero attached hydrogens (tertiary/aromatic N) is 1. The van der Waals surface area contributed by atoms with Gasteiger partial charge in [-0.3, -0.25) is 9.59 Å². The van der Waals surface area contributed by atoms with Gasteiger partial charge < -0.3 is 10.2 Å². The first-order valence-corrected chi connectivity index (χ1v) is 5.75. The average molecular weight is 246 g/mol. The summed E-state index contributed by atoms with van der Waals surface area (Å²) in [7, 11) is 3.44. The lowest BCUT2D eigenvalue weighted by molar-refractivity contribution is -0.116. The Morgan fingerprint density at radius 2 is 2.11 bits per heavy atom. The monoisotopic (exact) mass is 246 g/mol. The van der Waals surface area contributed by atoms with E-state index in [0.717, 1.165) is 5.56 Å². The first-order chi connectivity index (χ1) is 8.54. The lowest BCUT2D eigenvalue weighted by Crippen LogP contribution is -2.24. The van der Waals surface area contributed by atoms with E-state index in [9.17, 15) is 9.59 Å². The summed E-state index contributed by atoms with van der Waals surface area (Å²) < 4.78 is 0. The average Bonchev–Trinajstić information content (AvgIpc) is 2.37. The molecule has 1 rings (SSSR count). The number of benzene rings is 1. The summed E-state index contributed by atoms with van der Waals surface area (Å²) in [6.45, 7) is 3.91. The molecule has 1 aromatic carbocycles. The van der Waals surface area contributed by atoms with Gasteiger partial charge in [0.15, 0.2) is 0 Å². The van der Waals surface area contributed by atoms with Crippen molar-refractivity contribution in [3.05, 3.63) is 48.0 Å². The largest absolute Gasteiger partial charge is 0.352 e. The fourth-order valence-electron chi connectivity index (χ4n) is 1.52. The van der Waals surface area contributed by atoms with E-state index in [1.54, 1.807) is 25.1 Å². The highest BCUT2D eigenvalue weighted by atomic mass is 16.2. The number of hydrogen-bond acceptors (Lipinski definition) is 2. The van der Waals surface area contributed by atoms with Crippen molar-refractivity contribution in [2.45, 2.75) is 6.42 Å². The smallest absolute Gasteiger partial charge is 0.253 e. The van der Waals surface area contributed by atoms with Crippen molar-refractivity contribution in [2.24, 2.45) is 0 Å². The van der Waals surface area contributed by atoms with Gasteiger partial charge in [-0.25, -0.2) is 0 Å². The quantitative estimate of drug-likeness (QED) is 0.794. The molecule has 0 heterocycles. The van der Waals surface area contributed by atoms with E-state index in [-0.39, 0.29) is 11.8 Å². The summed E-state index contributed by atoms with van der Waals surface area (Å²) in [6.07, 6.45) is 1.93. The molecular formula is C14H18N2O2. The minimum Gasteiger partial charge on any atom is -0.352 e. The molecule has 0 spiro atoms. The van der Waals surface area contributed by atoms with Crippen molar-refractivity contribution < 1.29 is 9.59 Å². The number of nitrogens with one attached hydrogen (secondary N) is 1. The molecule has 0 aromatic heterocycles. The zero-order valence-electron chi connectivity index (χ0n) is 10.8. The van der Waals surface area contributed by atoms with Gasteiger partial charge >= 0.3 is 0 Å². The van der Waals surface area contributed by atoms with Gasteiger partial charge in [0.25, 0.3) is 5.91 Å². The van der Waals surface area contributed by atoms with Crippen LogP contribution in [-0.4, -0.2) is 37.4 Å². The van der Waals surface area contributed by atoms with Gasteiger partial charge in [-0.2, -0.15) is 0 Å². The van der Waals surface area contributed by atoms with Gasteiger partial charge in [-0.1, -0.05) is 18.7 Å². The zero-order valence-corrected chi connectivity index (χ0v) is 10.8. The molecule has 0 fully saturated rings. The maximum atomic E-state index is 11.8. The third kappa shape index (κ3) is 4.05. The summed E-state index contributed by atoms with van der Waals surface area (Å²) >= 11 is 0. The Bertz CT molecular complexity index is 453. The van der Waals surface area contributed by atoms with Crippen LogP contribution in [-0.2, 0) is 11.2 Å². The summed E-state index contributed by atoms with van der Waals surface area (Å²) in [4.78, 5) is 24.3. The highest BCUT2D eigenvalue weighted by molar-refractivity contribution is 5.94. The number of hydrogen-bond donors (Lipinski definition) is 1. The minimum atomic E-state index is -0.185. The highest BCUT2D eigenvalue weighted by Crippen LogP contribution is 2.07. The van der Waals surface area contributed by atoms with Gasteiger partial charge in [-0.15, -0.1) is 0 Å². The number of carbonyl (C=O) groups excluding carboxylic acids is 2. The Labute approximate surface area is 107 Å². The van der Waals surface area contributed by atoms with E-state index in [0.29, 0.717) is 18.5 Å². The highest BCUT2D eigenvalue weighted by Gasteiger charge is 2.07. The SMILES string of the molecule is C=CC(=O)NCCc1cccc(C(=O)N(C)C)c1. The zero-order chi connectivity index (χ0) is 13.5. The van der Waals surface area contributed by atoms with Crippen LogP contribution in [0.2, 0.25) is 0 Å². The Morgan fingerprint density at radius 3 is 2.72 bits per heavy atom. The van der Waals surface area contributed by atoms with Crippen molar-refractivity contribution in [1.82, 2.24) is 10.2 Å². The molecule has 0 unspecified atom stereocenters. The summed E-state index contributed by atoms with van der Waals surface area (Å²) in [5.74, 6) is -0.206. The molecule has 1 aromatic rings. The molecule has 0 aliphatic heterocycles. The van der Waals surface area contributed by atoms with Gasteiger partial charge in [0.1, 0.15) is 0 Å². The summed E-state index contributed by atoms with van der Waals surface area (Å²) in [5, 5.41) is 2.70. The molecule has 4 heteroatoms. The predicted molar refractivity (Wildman–Crippen MR) is 71.4 cm³/mol. The van der Waals surface area contributed by atoms with Gasteiger partial charge in [0.05, 0.1) is 0 Å². The van der Waals surface area contributed by atoms with Gasteiger partial charge in [0.2, 0.25) is 5.91 Å². The second-order valence-electron chi connectivity index (χ2n) is 4.15. The van der Waals surface area contributed by atoms with E-state index in [1.807, 2.05) is 18.2 Å². The molecule has 96 valence electrons. The van der Waals surface area contributed by atoms with Crippen molar-refractivity contribution in [3.63, 3.8) is 0 Å². The predicted octanol–water partition coefficient (Wildman–Crippen LogP) is 1.23. The first-order valence-electron chi connectivity index (χ1n) is 5.75. The number of carbonyl (C=O) groups is 2. The van der Waals surface area contributed by atoms with Crippen LogP contribution in [0.1, 0.15) is 15.9 Å². The molecule has 1 N–H and O–H groups in total. The van der Waals surface area contributed by atoms with Crippen LogP contribution >= 0.6 is 0 Å². The Balaban J connectivity index is 2.62. The Kier molecular flexibility index (Phi) is 5.11. The molecule has 0 saturated heterocycles. The molecular weight excluding hydrogens is 228 g/mol. The van der Waals surface area contributed by atoms with Crippen LogP contribution < -0.4 is 5.32 Å². The molecule has 0 bridgehead atoms. The number of rotatable bonds is 5. The molecule has 0 aliphatic carbocycles. The van der Waals surface area contributed by atoms with E-state index >= 15 is 0 Å². The molecule has 0 aliphatic rings. The van der Waals surface area contributed by atoms with Crippen LogP contribution in [0.25, 0.3) is 0 Å². The molecule has 0 radical (unpaired) electrons. The van der Waals surface area contributed by atoms with E-state index < -0.39 is 0 Å². The van der Waals surface area contributed by atoms with Crippen LogP contribution in [0.5, 0.6) is 0 Å². The van der Waals surface area contributed by atoms with Crippen LogP contribution in [0.4, 0.5) is 0 Å². The van der Waals surface area contributed by atoms with Crippen LogP contribution in [0.3, 0.4) is 0 Å². The molecule has 0 saturated carbocycles. The van der Waals surface area contributed by atoms with E-state index in [1.165, 1.54) is 6.08 Å². The fraction of sp³-hybridized carbons (Fsp3) is 0.286. The maximum Gasteiger partial charge on any atom is 0.253 e. The van der Waals surface area contributed by atoms with Crippen molar-refractivity contribution in [3.8, 4) is 0 Å². The van der Waals surface area contributed by atoms with E-state index in [2.05, 4.69) is 11.9 Å². The second kappa shape index (κ2) is 6.59. The summed E-state index contributed by atoms with van der Waals surface area (Å²) in [6, 6.07) is 7.42. The second-order valence-corrected chi connectivity index (χ2v) is 4.15. The molecule has 2 amide bonds. The minimum absolute atomic E-state index is 0.0213. The van der Waals surface area contributed by atoms with Gasteiger partial charge in [0, 0.05) is 26.2 Å². The van der Waals surface area contributed by atoms with Gasteiger partial charge in [-0.05, 0) is 30.2 Å². The van der Waals surface area contributed by atoms with Crippen molar-refractivity contribution in [1.29, 1.82) is 0 Å². The molecule has 4 nitrogen and oxygen atoms in total. The summed E-state index contributed by atoms with van der Waals surface area (Å²) in [5.41, 5.74) is 1.68. The lowest BCUT2D eigenvalue weighted by Gasteiger charge is -2.11. The Hall–Kier alpha value is -2.10. The van der Waals surface area contributed by atoms with E-state index in [4.69, 9.17) is 0 Å². The normalized spacial score (nSPS) is 9.67. The van der Waals surface area contributed by atoms with Crippen LogP contribution in [0, 0.1) is 0 Å². The lowest BCUT2D eigenvalue weighted by atomic mass is 10.1. The third-order valence-corrected chi connectivity index (χ3v) is 2.48. The molecule has 0 atom stereocenters. The van der Waals surface area contributed by atoms with Crippen molar-refractivity contribution >= 4 is 11.8 Å². The number of amides is 2. The third-order valence-electron chi connectivity index (χ3n) is 2.48. The Morgan fingerprint density at radius 1 is 1.39 bits per heavy atom. The standard InChI is InChI=1S/C14H18N2O2/c1-4-13(17)15-9-8-11-6-5-7-12(10-11)14(18)16(2)3/h4-7,10H,1,8-9H2,2-3H3,(H,15,17). The maximum absolute atomic E-state index is 11.8. The molecule has 18 heavy (non-hydrogen) atoms. The first kappa shape index (κ1) is 14.0. The fourth-order valence-corrected chi connectivity index (χ4v) is 1.52. The van der Waals surface area contributed by atoms with Crippen molar-refractivity contribution in [2.75, 3.05) is 20.6 Å². The topological polar surface area (TPSA) is 49.4 Å². The van der Waals surface area contributed by atoms with Crippen LogP contribution in [0.15, 0.2) is 36.9 Å².